The van der Waals surface area contributed by atoms with Crippen molar-refractivity contribution in [3.05, 3.63) is 58.9 Å². The normalized spacial score (nSPS) is 16.2. The molecule has 1 aromatic heterocycles. The number of nitrogens with zero attached hydrogens (tertiary/aromatic N) is 2. The van der Waals surface area contributed by atoms with Gasteiger partial charge in [0.1, 0.15) is 5.69 Å². The molecule has 8 nitrogen and oxygen atoms in total. The van der Waals surface area contributed by atoms with Crippen molar-refractivity contribution in [2.45, 2.75) is 12.8 Å². The zero-order valence-electron chi connectivity index (χ0n) is 13.7. The van der Waals surface area contributed by atoms with Crippen LogP contribution in [0.25, 0.3) is 0 Å². The van der Waals surface area contributed by atoms with Crippen molar-refractivity contribution in [2.75, 3.05) is 13.1 Å². The number of carbonyl (C=O) groups excluding carboxylic acids is 4. The molecule has 26 heavy (non-hydrogen) atoms. The summed E-state index contributed by atoms with van der Waals surface area (Å²) in [6.45, 7) is 1.37. The molecule has 0 spiro atoms. The van der Waals surface area contributed by atoms with Crippen molar-refractivity contribution < 1.29 is 24.0 Å². The van der Waals surface area contributed by atoms with E-state index in [2.05, 4.69) is 4.98 Å². The molecule has 3 amide bonds. The SMILES string of the molecule is O=C(ON1C(=O)c2ccccc2C1=O)c1c[nH]c(C(=O)N2CCCC2)c1. The second kappa shape index (κ2) is 6.14. The van der Waals surface area contributed by atoms with Crippen LogP contribution in [-0.4, -0.2) is 51.7 Å². The Morgan fingerprint density at radius 1 is 1.00 bits per heavy atom. The summed E-state index contributed by atoms with van der Waals surface area (Å²) in [7, 11) is 0. The fourth-order valence-corrected chi connectivity index (χ4v) is 3.11. The number of H-pyrrole nitrogens is 1. The maximum Gasteiger partial charge on any atom is 0.365 e. The first-order chi connectivity index (χ1) is 12.6. The fraction of sp³-hybridized carbons (Fsp3) is 0.222. The lowest BCUT2D eigenvalue weighted by Gasteiger charge is -2.13. The Morgan fingerprint density at radius 2 is 1.62 bits per heavy atom. The number of aromatic nitrogens is 1. The lowest BCUT2D eigenvalue weighted by Crippen LogP contribution is -2.32. The van der Waals surface area contributed by atoms with Gasteiger partial charge >= 0.3 is 5.97 Å². The minimum Gasteiger partial charge on any atom is -0.356 e. The van der Waals surface area contributed by atoms with Crippen molar-refractivity contribution >= 4 is 23.7 Å². The van der Waals surface area contributed by atoms with Crippen molar-refractivity contribution in [2.24, 2.45) is 0 Å². The molecule has 0 bridgehead atoms. The summed E-state index contributed by atoms with van der Waals surface area (Å²) in [4.78, 5) is 58.5. The van der Waals surface area contributed by atoms with Crippen LogP contribution >= 0.6 is 0 Å². The number of rotatable bonds is 3. The number of imide groups is 1. The summed E-state index contributed by atoms with van der Waals surface area (Å²) in [6.07, 6.45) is 3.24. The first-order valence-corrected chi connectivity index (χ1v) is 8.24. The molecule has 2 aliphatic heterocycles. The molecule has 0 aliphatic carbocycles. The summed E-state index contributed by atoms with van der Waals surface area (Å²) in [5.41, 5.74) is 0.693. The highest BCUT2D eigenvalue weighted by molar-refractivity contribution is 6.21. The zero-order valence-corrected chi connectivity index (χ0v) is 13.7. The fourth-order valence-electron chi connectivity index (χ4n) is 3.11. The molecular formula is C18H15N3O5. The van der Waals surface area contributed by atoms with Gasteiger partial charge in [0.05, 0.1) is 16.7 Å². The number of likely N-dealkylation sites (tertiary alicyclic amines) is 1. The number of aromatic amines is 1. The highest BCUT2D eigenvalue weighted by Crippen LogP contribution is 2.23. The van der Waals surface area contributed by atoms with Gasteiger partial charge in [0.25, 0.3) is 17.7 Å². The van der Waals surface area contributed by atoms with Crippen LogP contribution in [0.5, 0.6) is 0 Å². The Bertz CT molecular complexity index is 891. The number of hydrogen-bond donors (Lipinski definition) is 1. The molecule has 8 heteroatoms. The number of hydroxylamine groups is 2. The number of hydrogen-bond acceptors (Lipinski definition) is 5. The Balaban J connectivity index is 1.49. The van der Waals surface area contributed by atoms with E-state index in [-0.39, 0.29) is 28.3 Å². The van der Waals surface area contributed by atoms with Crippen LogP contribution in [0.1, 0.15) is 54.4 Å². The lowest BCUT2D eigenvalue weighted by molar-refractivity contribution is -0.0584. The van der Waals surface area contributed by atoms with E-state index in [0.717, 1.165) is 12.8 Å². The van der Waals surface area contributed by atoms with Crippen molar-refractivity contribution in [3.8, 4) is 0 Å². The zero-order chi connectivity index (χ0) is 18.3. The third kappa shape index (κ3) is 2.55. The van der Waals surface area contributed by atoms with Crippen molar-refractivity contribution in [1.29, 1.82) is 0 Å². The second-order valence-corrected chi connectivity index (χ2v) is 6.13. The van der Waals surface area contributed by atoms with Gasteiger partial charge in [-0.1, -0.05) is 17.2 Å². The van der Waals surface area contributed by atoms with Crippen LogP contribution in [0, 0.1) is 0 Å². The van der Waals surface area contributed by atoms with E-state index < -0.39 is 17.8 Å². The number of benzene rings is 1. The van der Waals surface area contributed by atoms with Gasteiger partial charge in [-0.3, -0.25) is 14.4 Å². The van der Waals surface area contributed by atoms with Crippen LogP contribution in [0.2, 0.25) is 0 Å². The highest BCUT2D eigenvalue weighted by Gasteiger charge is 2.39. The Morgan fingerprint density at radius 3 is 2.23 bits per heavy atom. The molecular weight excluding hydrogens is 338 g/mol. The van der Waals surface area contributed by atoms with E-state index in [9.17, 15) is 19.2 Å². The first kappa shape index (κ1) is 16.1. The molecule has 1 N–H and O–H groups in total. The number of nitrogens with one attached hydrogen (secondary N) is 1. The van der Waals surface area contributed by atoms with E-state index in [1.807, 2.05) is 0 Å². The highest BCUT2D eigenvalue weighted by atomic mass is 16.7. The van der Waals surface area contributed by atoms with Gasteiger partial charge in [-0.2, -0.15) is 0 Å². The van der Waals surface area contributed by atoms with Crippen LogP contribution in [0.15, 0.2) is 36.5 Å². The number of amides is 3. The summed E-state index contributed by atoms with van der Waals surface area (Å²) < 4.78 is 0. The molecule has 2 aliphatic rings. The molecule has 0 saturated carbocycles. The predicted octanol–water partition coefficient (Wildman–Crippen LogP) is 1.62. The van der Waals surface area contributed by atoms with Gasteiger partial charge in [-0.25, -0.2) is 4.79 Å². The Kier molecular flexibility index (Phi) is 3.80. The van der Waals surface area contributed by atoms with E-state index in [1.54, 1.807) is 17.0 Å². The summed E-state index contributed by atoms with van der Waals surface area (Å²) in [6, 6.07) is 7.59. The molecule has 1 saturated heterocycles. The summed E-state index contributed by atoms with van der Waals surface area (Å²) >= 11 is 0. The van der Waals surface area contributed by atoms with E-state index in [1.165, 1.54) is 24.4 Å². The van der Waals surface area contributed by atoms with Gasteiger partial charge in [0.2, 0.25) is 0 Å². The quantitative estimate of drug-likeness (QED) is 0.845. The van der Waals surface area contributed by atoms with E-state index in [0.29, 0.717) is 18.2 Å². The van der Waals surface area contributed by atoms with Gasteiger partial charge in [0, 0.05) is 19.3 Å². The molecule has 1 fully saturated rings. The van der Waals surface area contributed by atoms with Crippen LogP contribution in [-0.2, 0) is 4.84 Å². The Hall–Kier alpha value is -3.42. The van der Waals surface area contributed by atoms with Crippen LogP contribution < -0.4 is 0 Å². The topological polar surface area (TPSA) is 99.8 Å². The molecule has 132 valence electrons. The molecule has 0 atom stereocenters. The number of carbonyl (C=O) groups is 4. The maximum absolute atomic E-state index is 12.3. The standard InChI is InChI=1S/C18H15N3O5/c22-15-12-5-1-2-6-13(12)16(23)21(15)26-18(25)11-9-14(19-10-11)17(24)20-7-3-4-8-20/h1-2,5-6,9-10,19H,3-4,7-8H2. The molecule has 3 heterocycles. The largest absolute Gasteiger partial charge is 0.365 e. The average molecular weight is 353 g/mol. The Labute approximate surface area is 148 Å². The van der Waals surface area contributed by atoms with Gasteiger partial charge in [0.15, 0.2) is 0 Å². The lowest BCUT2D eigenvalue weighted by atomic mass is 10.1. The minimum absolute atomic E-state index is 0.0594. The van der Waals surface area contributed by atoms with Gasteiger partial charge in [-0.05, 0) is 31.0 Å². The maximum atomic E-state index is 12.3. The second-order valence-electron chi connectivity index (χ2n) is 6.13. The van der Waals surface area contributed by atoms with Crippen molar-refractivity contribution in [1.82, 2.24) is 14.9 Å². The molecule has 4 rings (SSSR count). The average Bonchev–Trinajstić information content (AvgIpc) is 3.39. The van der Waals surface area contributed by atoms with Gasteiger partial charge < -0.3 is 14.7 Å². The van der Waals surface area contributed by atoms with Crippen molar-refractivity contribution in [3.63, 3.8) is 0 Å². The monoisotopic (exact) mass is 353 g/mol. The smallest absolute Gasteiger partial charge is 0.356 e. The third-order valence-electron chi connectivity index (χ3n) is 4.47. The molecule has 1 aromatic carbocycles. The van der Waals surface area contributed by atoms with Crippen LogP contribution in [0.4, 0.5) is 0 Å². The van der Waals surface area contributed by atoms with Crippen LogP contribution in [0.3, 0.4) is 0 Å². The predicted molar refractivity (Wildman–Crippen MR) is 88.3 cm³/mol. The van der Waals surface area contributed by atoms with E-state index in [4.69, 9.17) is 4.84 Å². The summed E-state index contributed by atoms with van der Waals surface area (Å²) in [5, 5.41) is 0.446. The third-order valence-corrected chi connectivity index (χ3v) is 4.47. The first-order valence-electron chi connectivity index (χ1n) is 8.24. The minimum atomic E-state index is -0.892. The van der Waals surface area contributed by atoms with E-state index >= 15 is 0 Å². The molecule has 2 aromatic rings. The molecule has 0 unspecified atom stereocenters. The molecule has 0 radical (unpaired) electrons. The summed E-state index contributed by atoms with van der Waals surface area (Å²) in [5.74, 6) is -2.47. The number of fused-ring (bicyclic) bond motifs is 1. The van der Waals surface area contributed by atoms with Gasteiger partial charge in [-0.15, -0.1) is 0 Å².